The van der Waals surface area contributed by atoms with E-state index < -0.39 is 11.1 Å². The highest BCUT2D eigenvalue weighted by Crippen LogP contribution is 2.21. The van der Waals surface area contributed by atoms with E-state index in [1.54, 1.807) is 18.7 Å². The van der Waals surface area contributed by atoms with Crippen molar-refractivity contribution in [1.82, 2.24) is 20.0 Å². The van der Waals surface area contributed by atoms with Crippen LogP contribution in [0.1, 0.15) is 25.8 Å². The fourth-order valence-corrected chi connectivity index (χ4v) is 5.01. The molecule has 222 valence electrons. The van der Waals surface area contributed by atoms with Gasteiger partial charge >= 0.3 is 6.03 Å². The van der Waals surface area contributed by atoms with Crippen LogP contribution in [0.4, 0.5) is 4.79 Å². The number of benzene rings is 2. The molecule has 2 N–H and O–H groups in total. The average molecular weight is 569 g/mol. The molecule has 2 saturated heterocycles. The average Bonchev–Trinajstić information content (AvgIpc) is 3.05. The number of urea groups is 1. The molecule has 2 aliphatic rings. The number of carbonyl (C=O) groups excluding carboxylic acids is 3. The first-order valence-corrected chi connectivity index (χ1v) is 13.8. The summed E-state index contributed by atoms with van der Waals surface area (Å²) in [7, 11) is 1.48. The summed E-state index contributed by atoms with van der Waals surface area (Å²) in [6, 6.07) is 16.6. The predicted octanol–water partition coefficient (Wildman–Crippen LogP) is 1.89. The first kappa shape index (κ1) is 30.3. The number of hydrogen-bond acceptors (Lipinski definition) is 8. The highest BCUT2D eigenvalue weighted by molar-refractivity contribution is 6.06. The summed E-state index contributed by atoms with van der Waals surface area (Å²) in [5.41, 5.74) is -1.12. The van der Waals surface area contributed by atoms with Gasteiger partial charge in [0.05, 0.1) is 13.2 Å². The van der Waals surface area contributed by atoms with Gasteiger partial charge in [0.25, 0.3) is 5.91 Å². The number of nitrogens with one attached hydrogen (secondary N) is 1. The van der Waals surface area contributed by atoms with Crippen LogP contribution in [0.15, 0.2) is 54.6 Å². The Balaban J connectivity index is 1.31. The Hall–Kier alpha value is -3.67. The largest absolute Gasteiger partial charge is 0.494 e. The van der Waals surface area contributed by atoms with Crippen LogP contribution in [0.3, 0.4) is 0 Å². The molecule has 4 amide bonds. The van der Waals surface area contributed by atoms with Crippen molar-refractivity contribution in [1.29, 1.82) is 0 Å². The van der Waals surface area contributed by atoms with Crippen molar-refractivity contribution in [3.8, 4) is 11.5 Å². The monoisotopic (exact) mass is 568 g/mol. The van der Waals surface area contributed by atoms with Crippen molar-refractivity contribution in [3.63, 3.8) is 0 Å². The maximum atomic E-state index is 12.6. The normalized spacial score (nSPS) is 21.0. The summed E-state index contributed by atoms with van der Waals surface area (Å²) in [6.07, 6.45) is 0.521. The fourth-order valence-electron chi connectivity index (χ4n) is 5.01. The highest BCUT2D eigenvalue weighted by atomic mass is 16.5. The summed E-state index contributed by atoms with van der Waals surface area (Å²) in [5, 5.41) is 14.3. The molecule has 2 aromatic carbocycles. The lowest BCUT2D eigenvalue weighted by atomic mass is 10.0. The predicted molar refractivity (Wildman–Crippen MR) is 151 cm³/mol. The van der Waals surface area contributed by atoms with E-state index in [1.807, 2.05) is 54.6 Å². The van der Waals surface area contributed by atoms with E-state index in [0.29, 0.717) is 57.3 Å². The zero-order chi connectivity index (χ0) is 29.5. The molecule has 4 rings (SSSR count). The number of hydrogen-bond donors (Lipinski definition) is 2. The van der Waals surface area contributed by atoms with Crippen LogP contribution in [0.25, 0.3) is 0 Å². The molecule has 2 aromatic rings. The molecule has 0 radical (unpaired) electrons. The second-order valence-corrected chi connectivity index (χ2v) is 11.1. The van der Waals surface area contributed by atoms with Crippen LogP contribution in [0.2, 0.25) is 0 Å². The van der Waals surface area contributed by atoms with Crippen LogP contribution < -0.4 is 14.8 Å². The molecule has 0 unspecified atom stereocenters. The molecular weight excluding hydrogens is 528 g/mol. The smallest absolute Gasteiger partial charge is 0.325 e. The first-order valence-electron chi connectivity index (χ1n) is 13.8. The number of para-hydroxylation sites is 1. The Morgan fingerprint density at radius 1 is 0.976 bits per heavy atom. The summed E-state index contributed by atoms with van der Waals surface area (Å²) in [5.74, 6) is 0.935. The molecule has 2 heterocycles. The van der Waals surface area contributed by atoms with E-state index in [-0.39, 0.29) is 37.6 Å². The Bertz CT molecular complexity index is 1190. The maximum absolute atomic E-state index is 12.6. The lowest BCUT2D eigenvalue weighted by Crippen LogP contribution is -2.52. The Labute approximate surface area is 240 Å². The summed E-state index contributed by atoms with van der Waals surface area (Å²) in [6.45, 7) is 6.12. The summed E-state index contributed by atoms with van der Waals surface area (Å²) >= 11 is 0. The van der Waals surface area contributed by atoms with Crippen LogP contribution in [0.5, 0.6) is 11.5 Å². The van der Waals surface area contributed by atoms with Gasteiger partial charge < -0.3 is 29.5 Å². The SMILES string of the molecule is COCC(=O)N1CCN(Cc2ccc(OCCCN3C(=O)NC(C)(C)C3=O)cc2)C[C@@](O)(COc2ccccc2)C1. The maximum Gasteiger partial charge on any atom is 0.325 e. The second-order valence-electron chi connectivity index (χ2n) is 11.1. The number of rotatable bonds is 12. The number of aliphatic hydroxyl groups is 1. The molecule has 2 aliphatic heterocycles. The topological polar surface area (TPSA) is 121 Å². The van der Waals surface area contributed by atoms with Gasteiger partial charge in [-0.3, -0.25) is 19.4 Å². The molecule has 41 heavy (non-hydrogen) atoms. The van der Waals surface area contributed by atoms with Gasteiger partial charge in [-0.15, -0.1) is 0 Å². The zero-order valence-electron chi connectivity index (χ0n) is 24.0. The van der Waals surface area contributed by atoms with Gasteiger partial charge in [0.1, 0.15) is 35.9 Å². The van der Waals surface area contributed by atoms with Gasteiger partial charge in [0.15, 0.2) is 0 Å². The third-order valence-electron chi connectivity index (χ3n) is 7.13. The number of β-amino-alcohol motifs (C(OH)–C–C–N with tert-alkyl or cyclic N) is 1. The Morgan fingerprint density at radius 2 is 1.68 bits per heavy atom. The molecule has 2 fully saturated rings. The number of nitrogens with zero attached hydrogens (tertiary/aromatic N) is 3. The van der Waals surface area contributed by atoms with E-state index >= 15 is 0 Å². The number of amides is 4. The molecule has 0 aliphatic carbocycles. The standard InChI is InChI=1S/C30H40N4O7/c1-29(2)27(36)34(28(37)31-29)14-7-17-40-25-12-10-23(11-13-25)18-32-15-16-33(26(35)19-39-3)21-30(38,20-32)22-41-24-8-5-4-6-9-24/h4-6,8-13,38H,7,14-22H2,1-3H3,(H,31,37)/t30-/m0/s1. The van der Waals surface area contributed by atoms with Crippen molar-refractivity contribution in [2.24, 2.45) is 0 Å². The minimum absolute atomic E-state index is 0.0409. The van der Waals surface area contributed by atoms with Crippen LogP contribution >= 0.6 is 0 Å². The van der Waals surface area contributed by atoms with E-state index in [0.717, 1.165) is 5.56 Å². The molecular formula is C30H40N4O7. The molecule has 11 nitrogen and oxygen atoms in total. The number of imide groups is 1. The molecule has 11 heteroatoms. The number of carbonyl (C=O) groups is 3. The number of methoxy groups -OCH3 is 1. The summed E-state index contributed by atoms with van der Waals surface area (Å²) in [4.78, 5) is 41.9. The Kier molecular flexibility index (Phi) is 9.85. The van der Waals surface area contributed by atoms with Gasteiger partial charge in [0.2, 0.25) is 5.91 Å². The van der Waals surface area contributed by atoms with Gasteiger partial charge in [-0.1, -0.05) is 30.3 Å². The minimum Gasteiger partial charge on any atom is -0.494 e. The zero-order valence-corrected chi connectivity index (χ0v) is 24.0. The summed E-state index contributed by atoms with van der Waals surface area (Å²) < 4.78 is 16.8. The van der Waals surface area contributed by atoms with Crippen molar-refractivity contribution >= 4 is 17.8 Å². The highest BCUT2D eigenvalue weighted by Gasteiger charge is 2.43. The van der Waals surface area contributed by atoms with E-state index in [9.17, 15) is 19.5 Å². The third-order valence-corrected chi connectivity index (χ3v) is 7.13. The third kappa shape index (κ3) is 8.18. The van der Waals surface area contributed by atoms with Crippen LogP contribution in [0, 0.1) is 0 Å². The molecule has 1 atom stereocenters. The molecule has 0 spiro atoms. The number of ether oxygens (including phenoxy) is 3. The van der Waals surface area contributed by atoms with Crippen LogP contribution in [-0.2, 0) is 20.9 Å². The first-order chi connectivity index (χ1) is 19.6. The van der Waals surface area contributed by atoms with E-state index in [1.165, 1.54) is 12.0 Å². The van der Waals surface area contributed by atoms with Crippen molar-refractivity contribution in [2.75, 3.05) is 59.7 Å². The molecule has 0 aromatic heterocycles. The van der Waals surface area contributed by atoms with Crippen LogP contribution in [-0.4, -0.2) is 108 Å². The van der Waals surface area contributed by atoms with Gasteiger partial charge in [-0.2, -0.15) is 0 Å². The molecule has 0 saturated carbocycles. The Morgan fingerprint density at radius 3 is 2.34 bits per heavy atom. The van der Waals surface area contributed by atoms with E-state index in [2.05, 4.69) is 10.2 Å². The quantitative estimate of drug-likeness (QED) is 0.294. The van der Waals surface area contributed by atoms with Gasteiger partial charge in [-0.05, 0) is 50.1 Å². The van der Waals surface area contributed by atoms with Crippen molar-refractivity contribution in [2.45, 2.75) is 38.0 Å². The van der Waals surface area contributed by atoms with Gasteiger partial charge in [0, 0.05) is 39.8 Å². The molecule has 0 bridgehead atoms. The van der Waals surface area contributed by atoms with Crippen molar-refractivity contribution < 1.29 is 33.7 Å². The van der Waals surface area contributed by atoms with Crippen molar-refractivity contribution in [3.05, 3.63) is 60.2 Å². The minimum atomic E-state index is -1.28. The van der Waals surface area contributed by atoms with E-state index in [4.69, 9.17) is 14.2 Å². The fraction of sp³-hybridized carbons (Fsp3) is 0.500. The lowest BCUT2D eigenvalue weighted by molar-refractivity contribution is -0.138. The lowest BCUT2D eigenvalue weighted by Gasteiger charge is -2.33. The second kappa shape index (κ2) is 13.3. The van der Waals surface area contributed by atoms with Gasteiger partial charge in [-0.25, -0.2) is 4.79 Å².